The van der Waals surface area contributed by atoms with E-state index in [0.717, 1.165) is 17.7 Å². The highest BCUT2D eigenvalue weighted by Gasteiger charge is 2.23. The van der Waals surface area contributed by atoms with Crippen LogP contribution in [-0.4, -0.2) is 34.4 Å². The molecular formula is C12H17NO3S. The van der Waals surface area contributed by atoms with E-state index in [9.17, 15) is 8.42 Å². The van der Waals surface area contributed by atoms with Crippen molar-refractivity contribution in [1.82, 2.24) is 5.32 Å². The molecule has 1 aromatic rings. The van der Waals surface area contributed by atoms with Crippen LogP contribution in [0, 0.1) is 6.92 Å². The number of hydrogen-bond acceptors (Lipinski definition) is 4. The zero-order valence-electron chi connectivity index (χ0n) is 10.1. The maximum atomic E-state index is 11.8. The van der Waals surface area contributed by atoms with Crippen LogP contribution in [0.3, 0.4) is 0 Å². The summed E-state index contributed by atoms with van der Waals surface area (Å²) in [5.74, 6) is 0. The summed E-state index contributed by atoms with van der Waals surface area (Å²) < 4.78 is 29.2. The topological polar surface area (TPSA) is 55.4 Å². The van der Waals surface area contributed by atoms with Crippen LogP contribution < -0.4 is 5.32 Å². The van der Waals surface area contributed by atoms with Crippen LogP contribution in [-0.2, 0) is 14.6 Å². The Hall–Kier alpha value is -0.910. The van der Waals surface area contributed by atoms with Crippen molar-refractivity contribution in [2.45, 2.75) is 17.9 Å². The molecule has 2 rings (SSSR count). The lowest BCUT2D eigenvalue weighted by molar-refractivity contribution is 0.0260. The molecule has 0 radical (unpaired) electrons. The maximum Gasteiger partial charge on any atom is 0.175 e. The molecule has 1 aromatic carbocycles. The third-order valence-corrected chi connectivity index (χ3v) is 4.00. The van der Waals surface area contributed by atoms with Crippen molar-refractivity contribution in [1.29, 1.82) is 0 Å². The summed E-state index contributed by atoms with van der Waals surface area (Å²) in [6, 6.07) is 5.48. The van der Waals surface area contributed by atoms with E-state index in [-0.39, 0.29) is 6.10 Å². The molecule has 1 N–H and O–H groups in total. The second-order valence-corrected chi connectivity index (χ2v) is 6.36. The van der Waals surface area contributed by atoms with Crippen molar-refractivity contribution in [3.8, 4) is 0 Å². The van der Waals surface area contributed by atoms with Crippen molar-refractivity contribution >= 4 is 9.84 Å². The highest BCUT2D eigenvalue weighted by atomic mass is 32.2. The quantitative estimate of drug-likeness (QED) is 0.858. The third-order valence-electron chi connectivity index (χ3n) is 2.84. The maximum absolute atomic E-state index is 11.8. The Morgan fingerprint density at radius 3 is 2.76 bits per heavy atom. The highest BCUT2D eigenvalue weighted by Crippen LogP contribution is 2.27. The Kier molecular flexibility index (Phi) is 3.51. The SMILES string of the molecule is Cc1ccc(C2CNCCO2)c(S(C)(=O)=O)c1. The minimum Gasteiger partial charge on any atom is -0.371 e. The lowest BCUT2D eigenvalue weighted by Crippen LogP contribution is -2.34. The molecule has 5 heteroatoms. The van der Waals surface area contributed by atoms with Gasteiger partial charge >= 0.3 is 0 Å². The number of benzene rings is 1. The Balaban J connectivity index is 2.45. The predicted molar refractivity (Wildman–Crippen MR) is 65.9 cm³/mol. The lowest BCUT2D eigenvalue weighted by atomic mass is 10.1. The van der Waals surface area contributed by atoms with E-state index >= 15 is 0 Å². The normalized spacial score (nSPS) is 21.4. The van der Waals surface area contributed by atoms with Gasteiger partial charge in [-0.15, -0.1) is 0 Å². The summed E-state index contributed by atoms with van der Waals surface area (Å²) in [7, 11) is -3.21. The number of nitrogens with one attached hydrogen (secondary N) is 1. The van der Waals surface area contributed by atoms with E-state index in [1.807, 2.05) is 19.1 Å². The second kappa shape index (κ2) is 4.76. The molecule has 1 aliphatic rings. The summed E-state index contributed by atoms with van der Waals surface area (Å²) in [5.41, 5.74) is 1.70. The summed E-state index contributed by atoms with van der Waals surface area (Å²) in [5, 5.41) is 3.21. The summed E-state index contributed by atoms with van der Waals surface area (Å²) in [6.07, 6.45) is 1.07. The molecule has 1 saturated heterocycles. The van der Waals surface area contributed by atoms with Gasteiger partial charge in [-0.3, -0.25) is 0 Å². The number of sulfone groups is 1. The van der Waals surface area contributed by atoms with Crippen LogP contribution >= 0.6 is 0 Å². The molecule has 4 nitrogen and oxygen atoms in total. The first kappa shape index (κ1) is 12.5. The Morgan fingerprint density at radius 2 is 2.18 bits per heavy atom. The van der Waals surface area contributed by atoms with Crippen LogP contribution in [0.1, 0.15) is 17.2 Å². The molecule has 0 spiro atoms. The van der Waals surface area contributed by atoms with Crippen molar-refractivity contribution in [3.05, 3.63) is 29.3 Å². The fourth-order valence-electron chi connectivity index (χ4n) is 1.99. The Morgan fingerprint density at radius 1 is 1.41 bits per heavy atom. The predicted octanol–water partition coefficient (Wildman–Crippen LogP) is 1.06. The van der Waals surface area contributed by atoms with Gasteiger partial charge in [0.05, 0.1) is 17.6 Å². The van der Waals surface area contributed by atoms with Crippen LogP contribution in [0.4, 0.5) is 0 Å². The third kappa shape index (κ3) is 2.86. The van der Waals surface area contributed by atoms with Gasteiger partial charge in [0, 0.05) is 24.9 Å². The Labute approximate surface area is 102 Å². The van der Waals surface area contributed by atoms with E-state index in [2.05, 4.69) is 5.32 Å². The van der Waals surface area contributed by atoms with Gasteiger partial charge in [-0.25, -0.2) is 8.42 Å². The van der Waals surface area contributed by atoms with E-state index in [1.165, 1.54) is 6.26 Å². The first-order chi connectivity index (χ1) is 7.98. The molecule has 0 bridgehead atoms. The van der Waals surface area contributed by atoms with E-state index < -0.39 is 9.84 Å². The molecular weight excluding hydrogens is 238 g/mol. The fraction of sp³-hybridized carbons (Fsp3) is 0.500. The van der Waals surface area contributed by atoms with E-state index in [1.54, 1.807) is 6.07 Å². The van der Waals surface area contributed by atoms with Crippen molar-refractivity contribution < 1.29 is 13.2 Å². The Bertz CT molecular complexity index is 504. The molecule has 17 heavy (non-hydrogen) atoms. The zero-order chi connectivity index (χ0) is 12.5. The van der Waals surface area contributed by atoms with Gasteiger partial charge in [0.25, 0.3) is 0 Å². The van der Waals surface area contributed by atoms with Crippen molar-refractivity contribution in [3.63, 3.8) is 0 Å². The molecule has 1 atom stereocenters. The van der Waals surface area contributed by atoms with E-state index in [4.69, 9.17) is 4.74 Å². The van der Waals surface area contributed by atoms with Crippen LogP contribution in [0.2, 0.25) is 0 Å². The van der Waals surface area contributed by atoms with Crippen LogP contribution in [0.25, 0.3) is 0 Å². The first-order valence-corrected chi connectivity index (χ1v) is 7.50. The molecule has 94 valence electrons. The molecule has 1 fully saturated rings. The summed E-state index contributed by atoms with van der Waals surface area (Å²) in [6.45, 7) is 3.97. The average molecular weight is 255 g/mol. The number of aryl methyl sites for hydroxylation is 1. The number of rotatable bonds is 2. The van der Waals surface area contributed by atoms with Gasteiger partial charge < -0.3 is 10.1 Å². The standard InChI is InChI=1S/C12H17NO3S/c1-9-3-4-10(11-8-13-5-6-16-11)12(7-9)17(2,14)15/h3-4,7,11,13H,5-6,8H2,1-2H3. The molecule has 0 saturated carbocycles. The zero-order valence-corrected chi connectivity index (χ0v) is 10.9. The monoisotopic (exact) mass is 255 g/mol. The highest BCUT2D eigenvalue weighted by molar-refractivity contribution is 7.90. The smallest absolute Gasteiger partial charge is 0.175 e. The van der Waals surface area contributed by atoms with E-state index in [0.29, 0.717) is 18.0 Å². The number of ether oxygens (including phenoxy) is 1. The van der Waals surface area contributed by atoms with Gasteiger partial charge in [0.15, 0.2) is 9.84 Å². The molecule has 1 heterocycles. The minimum absolute atomic E-state index is 0.172. The number of hydrogen-bond donors (Lipinski definition) is 1. The molecule has 1 unspecified atom stereocenters. The fourth-order valence-corrected chi connectivity index (χ4v) is 3.02. The molecule has 0 amide bonds. The van der Waals surface area contributed by atoms with Crippen LogP contribution in [0.5, 0.6) is 0 Å². The lowest BCUT2D eigenvalue weighted by Gasteiger charge is -2.25. The summed E-state index contributed by atoms with van der Waals surface area (Å²) in [4.78, 5) is 0.381. The average Bonchev–Trinajstić information content (AvgIpc) is 2.29. The molecule has 0 aliphatic carbocycles. The van der Waals surface area contributed by atoms with Gasteiger partial charge in [-0.2, -0.15) is 0 Å². The minimum atomic E-state index is -3.21. The second-order valence-electron chi connectivity index (χ2n) is 4.38. The largest absolute Gasteiger partial charge is 0.371 e. The molecule has 1 aliphatic heterocycles. The summed E-state index contributed by atoms with van der Waals surface area (Å²) >= 11 is 0. The van der Waals surface area contributed by atoms with Gasteiger partial charge in [0.2, 0.25) is 0 Å². The number of morpholine rings is 1. The van der Waals surface area contributed by atoms with Gasteiger partial charge in [-0.05, 0) is 18.6 Å². The van der Waals surface area contributed by atoms with Crippen molar-refractivity contribution in [2.24, 2.45) is 0 Å². The van der Waals surface area contributed by atoms with Gasteiger partial charge in [0.1, 0.15) is 0 Å². The first-order valence-electron chi connectivity index (χ1n) is 5.61. The van der Waals surface area contributed by atoms with Crippen LogP contribution in [0.15, 0.2) is 23.1 Å². The van der Waals surface area contributed by atoms with Crippen molar-refractivity contribution in [2.75, 3.05) is 26.0 Å². The molecule has 0 aromatic heterocycles. The van der Waals surface area contributed by atoms with Gasteiger partial charge in [-0.1, -0.05) is 12.1 Å².